The van der Waals surface area contributed by atoms with Crippen LogP contribution in [0.5, 0.6) is 0 Å². The van der Waals surface area contributed by atoms with E-state index in [0.717, 1.165) is 49.6 Å². The second kappa shape index (κ2) is 7.07. The summed E-state index contributed by atoms with van der Waals surface area (Å²) in [4.78, 5) is 14.9. The third-order valence-electron chi connectivity index (χ3n) is 4.38. The van der Waals surface area contributed by atoms with E-state index in [1.807, 2.05) is 25.8 Å². The average Bonchev–Trinajstić information content (AvgIpc) is 2.72. The predicted molar refractivity (Wildman–Crippen MR) is 84.5 cm³/mol. The topological polar surface area (TPSA) is 50.2 Å². The number of hydrogen-bond donors (Lipinski definition) is 1. The fourth-order valence-corrected chi connectivity index (χ4v) is 3.18. The Morgan fingerprint density at radius 3 is 2.76 bits per heavy atom. The van der Waals surface area contributed by atoms with Crippen LogP contribution >= 0.6 is 0 Å². The maximum absolute atomic E-state index is 12.9. The summed E-state index contributed by atoms with van der Waals surface area (Å²) in [6, 6.07) is 0. The highest BCUT2D eigenvalue weighted by Gasteiger charge is 2.25. The molecule has 1 fully saturated rings. The number of rotatable bonds is 5. The molecule has 0 aliphatic carbocycles. The first-order valence-corrected chi connectivity index (χ1v) is 8.04. The third-order valence-corrected chi connectivity index (χ3v) is 4.38. The molecule has 21 heavy (non-hydrogen) atoms. The van der Waals surface area contributed by atoms with Crippen molar-refractivity contribution in [3.05, 3.63) is 17.0 Å². The molecular weight excluding hydrogens is 264 g/mol. The van der Waals surface area contributed by atoms with E-state index >= 15 is 0 Å². The second-order valence-electron chi connectivity index (χ2n) is 6.13. The van der Waals surface area contributed by atoms with Crippen molar-refractivity contribution >= 4 is 5.91 Å². The number of carbonyl (C=O) groups is 1. The molecule has 2 rings (SSSR count). The molecular formula is C16H28N4O. The van der Waals surface area contributed by atoms with Gasteiger partial charge < -0.3 is 10.2 Å². The van der Waals surface area contributed by atoms with Gasteiger partial charge in [0.2, 0.25) is 0 Å². The quantitative estimate of drug-likeness (QED) is 0.901. The molecule has 1 unspecified atom stereocenters. The molecule has 0 spiro atoms. The lowest BCUT2D eigenvalue weighted by Gasteiger charge is -2.30. The lowest BCUT2D eigenvalue weighted by Crippen LogP contribution is -2.41. The molecule has 5 heteroatoms. The summed E-state index contributed by atoms with van der Waals surface area (Å²) >= 11 is 0. The van der Waals surface area contributed by atoms with Crippen molar-refractivity contribution in [1.29, 1.82) is 0 Å². The van der Waals surface area contributed by atoms with Gasteiger partial charge in [0.1, 0.15) is 0 Å². The first-order valence-electron chi connectivity index (χ1n) is 8.04. The molecule has 5 nitrogen and oxygen atoms in total. The molecule has 1 aliphatic heterocycles. The number of piperidine rings is 1. The van der Waals surface area contributed by atoms with Crippen LogP contribution in [0.15, 0.2) is 0 Å². The highest BCUT2D eigenvalue weighted by Crippen LogP contribution is 2.18. The van der Waals surface area contributed by atoms with E-state index in [1.54, 1.807) is 4.68 Å². The number of aryl methyl sites for hydroxylation is 2. The minimum atomic E-state index is 0.144. The molecule has 0 radical (unpaired) electrons. The van der Waals surface area contributed by atoms with E-state index < -0.39 is 0 Å². The average molecular weight is 292 g/mol. The van der Waals surface area contributed by atoms with E-state index in [4.69, 9.17) is 0 Å². The van der Waals surface area contributed by atoms with Crippen LogP contribution in [-0.2, 0) is 7.05 Å². The first-order chi connectivity index (χ1) is 10.0. The zero-order valence-corrected chi connectivity index (χ0v) is 13.8. The SMILES string of the molecule is CCCN(CC1CCCNC1)C(=O)c1c(C)nn(C)c1C. The molecule has 0 saturated carbocycles. The molecule has 2 heterocycles. The highest BCUT2D eigenvalue weighted by atomic mass is 16.2. The van der Waals surface area contributed by atoms with Crippen LogP contribution in [0.2, 0.25) is 0 Å². The fraction of sp³-hybridized carbons (Fsp3) is 0.750. The van der Waals surface area contributed by atoms with Crippen molar-refractivity contribution < 1.29 is 4.79 Å². The van der Waals surface area contributed by atoms with Crippen LogP contribution in [0.4, 0.5) is 0 Å². The van der Waals surface area contributed by atoms with Crippen molar-refractivity contribution in [3.8, 4) is 0 Å². The van der Waals surface area contributed by atoms with Crippen LogP contribution < -0.4 is 5.32 Å². The van der Waals surface area contributed by atoms with Crippen LogP contribution in [0.1, 0.15) is 47.9 Å². The highest BCUT2D eigenvalue weighted by molar-refractivity contribution is 5.96. The number of nitrogens with one attached hydrogen (secondary N) is 1. The summed E-state index contributed by atoms with van der Waals surface area (Å²) in [6.07, 6.45) is 3.42. The van der Waals surface area contributed by atoms with Crippen LogP contribution in [0.25, 0.3) is 0 Å². The van der Waals surface area contributed by atoms with Gasteiger partial charge in [-0.2, -0.15) is 5.10 Å². The van der Waals surface area contributed by atoms with E-state index in [9.17, 15) is 4.79 Å². The van der Waals surface area contributed by atoms with Crippen molar-refractivity contribution in [1.82, 2.24) is 20.0 Å². The maximum Gasteiger partial charge on any atom is 0.257 e. The Morgan fingerprint density at radius 2 is 2.24 bits per heavy atom. The van der Waals surface area contributed by atoms with Gasteiger partial charge in [0.15, 0.2) is 0 Å². The summed E-state index contributed by atoms with van der Waals surface area (Å²) in [5.74, 6) is 0.719. The molecule has 0 bridgehead atoms. The summed E-state index contributed by atoms with van der Waals surface area (Å²) in [7, 11) is 1.90. The maximum atomic E-state index is 12.9. The van der Waals surface area contributed by atoms with Gasteiger partial charge in [0.05, 0.1) is 11.3 Å². The monoisotopic (exact) mass is 292 g/mol. The predicted octanol–water partition coefficient (Wildman–Crippen LogP) is 1.89. The van der Waals surface area contributed by atoms with Crippen molar-refractivity contribution in [2.24, 2.45) is 13.0 Å². The minimum Gasteiger partial charge on any atom is -0.338 e. The number of aromatic nitrogens is 2. The molecule has 1 N–H and O–H groups in total. The fourth-order valence-electron chi connectivity index (χ4n) is 3.18. The molecule has 1 aromatic heterocycles. The molecule has 118 valence electrons. The Kier molecular flexibility index (Phi) is 5.39. The largest absolute Gasteiger partial charge is 0.338 e. The summed E-state index contributed by atoms with van der Waals surface area (Å²) < 4.78 is 1.80. The Labute approximate surface area is 127 Å². The van der Waals surface area contributed by atoms with E-state index in [0.29, 0.717) is 5.92 Å². The Hall–Kier alpha value is -1.36. The number of hydrogen-bond acceptors (Lipinski definition) is 3. The van der Waals surface area contributed by atoms with Gasteiger partial charge in [-0.1, -0.05) is 6.92 Å². The van der Waals surface area contributed by atoms with Gasteiger partial charge in [0, 0.05) is 25.8 Å². The van der Waals surface area contributed by atoms with Gasteiger partial charge >= 0.3 is 0 Å². The van der Waals surface area contributed by atoms with Crippen LogP contribution in [-0.4, -0.2) is 46.8 Å². The van der Waals surface area contributed by atoms with E-state index in [-0.39, 0.29) is 5.91 Å². The van der Waals surface area contributed by atoms with Crippen molar-refractivity contribution in [2.75, 3.05) is 26.2 Å². The molecule has 1 aliphatic rings. The lowest BCUT2D eigenvalue weighted by atomic mass is 9.98. The molecule has 1 aromatic rings. The zero-order chi connectivity index (χ0) is 15.4. The smallest absolute Gasteiger partial charge is 0.257 e. The first kappa shape index (κ1) is 16.0. The summed E-state index contributed by atoms with van der Waals surface area (Å²) in [5, 5.41) is 7.81. The zero-order valence-electron chi connectivity index (χ0n) is 13.8. The van der Waals surface area contributed by atoms with Gasteiger partial charge in [-0.25, -0.2) is 0 Å². The second-order valence-corrected chi connectivity index (χ2v) is 6.13. The third kappa shape index (κ3) is 3.64. The van der Waals surface area contributed by atoms with Crippen LogP contribution in [0.3, 0.4) is 0 Å². The Balaban J connectivity index is 2.14. The van der Waals surface area contributed by atoms with Gasteiger partial charge in [-0.15, -0.1) is 0 Å². The lowest BCUT2D eigenvalue weighted by molar-refractivity contribution is 0.0717. The molecule has 1 saturated heterocycles. The molecule has 1 atom stereocenters. The van der Waals surface area contributed by atoms with Gasteiger partial charge in [-0.05, 0) is 52.1 Å². The van der Waals surface area contributed by atoms with Crippen molar-refractivity contribution in [3.63, 3.8) is 0 Å². The number of amides is 1. The Morgan fingerprint density at radius 1 is 1.48 bits per heavy atom. The number of nitrogens with zero attached hydrogens (tertiary/aromatic N) is 3. The van der Waals surface area contributed by atoms with Crippen LogP contribution in [0, 0.1) is 19.8 Å². The summed E-state index contributed by atoms with van der Waals surface area (Å²) in [6.45, 7) is 9.84. The minimum absolute atomic E-state index is 0.144. The normalized spacial score (nSPS) is 18.8. The van der Waals surface area contributed by atoms with E-state index in [1.165, 1.54) is 12.8 Å². The van der Waals surface area contributed by atoms with Gasteiger partial charge in [-0.3, -0.25) is 9.48 Å². The summed E-state index contributed by atoms with van der Waals surface area (Å²) in [5.41, 5.74) is 2.58. The van der Waals surface area contributed by atoms with E-state index in [2.05, 4.69) is 17.3 Å². The number of carbonyl (C=O) groups excluding carboxylic acids is 1. The molecule has 0 aromatic carbocycles. The molecule has 1 amide bonds. The Bertz CT molecular complexity index is 489. The standard InChI is InChI=1S/C16H28N4O/c1-5-9-20(11-14-7-6-8-17-10-14)16(21)15-12(2)18-19(4)13(15)3/h14,17H,5-11H2,1-4H3. The van der Waals surface area contributed by atoms with Crippen molar-refractivity contribution in [2.45, 2.75) is 40.0 Å². The van der Waals surface area contributed by atoms with Gasteiger partial charge in [0.25, 0.3) is 5.91 Å².